The maximum Gasteiger partial charge on any atom is 0.146 e. The van der Waals surface area contributed by atoms with Crippen molar-refractivity contribution in [1.82, 2.24) is 9.88 Å². The van der Waals surface area contributed by atoms with Gasteiger partial charge in [0.05, 0.1) is 10.4 Å². The van der Waals surface area contributed by atoms with Crippen LogP contribution in [-0.4, -0.2) is 28.3 Å². The Morgan fingerprint density at radius 2 is 1.90 bits per heavy atom. The predicted octanol–water partition coefficient (Wildman–Crippen LogP) is 5.72. The molecule has 0 spiro atoms. The summed E-state index contributed by atoms with van der Waals surface area (Å²) in [5.41, 5.74) is 4.50. The van der Waals surface area contributed by atoms with Crippen molar-refractivity contribution in [2.75, 3.05) is 23.1 Å². The van der Waals surface area contributed by atoms with Crippen molar-refractivity contribution in [3.05, 3.63) is 70.1 Å². The second-order valence-electron chi connectivity index (χ2n) is 7.07. The zero-order chi connectivity index (χ0) is 20.9. The molecule has 1 aliphatic heterocycles. The third-order valence-electron chi connectivity index (χ3n) is 5.04. The summed E-state index contributed by atoms with van der Waals surface area (Å²) in [6, 6.07) is 10.9. The van der Waals surface area contributed by atoms with E-state index >= 15 is 0 Å². The van der Waals surface area contributed by atoms with Gasteiger partial charge >= 0.3 is 0 Å². The molecule has 3 aromatic rings. The van der Waals surface area contributed by atoms with Crippen molar-refractivity contribution in [2.45, 2.75) is 31.3 Å². The van der Waals surface area contributed by atoms with E-state index in [-0.39, 0.29) is 4.90 Å². The van der Waals surface area contributed by atoms with E-state index in [0.29, 0.717) is 18.1 Å². The Balaban J connectivity index is 1.48. The van der Waals surface area contributed by atoms with Crippen molar-refractivity contribution in [3.8, 4) is 0 Å². The Kier molecular flexibility index (Phi) is 6.76. The summed E-state index contributed by atoms with van der Waals surface area (Å²) in [5.74, 6) is -0.535. The van der Waals surface area contributed by atoms with Gasteiger partial charge < -0.3 is 10.0 Å². The summed E-state index contributed by atoms with van der Waals surface area (Å²) in [6.07, 6.45) is 1.25. The molecule has 0 aliphatic carbocycles. The number of aromatic nitrogens is 1. The van der Waals surface area contributed by atoms with Crippen molar-refractivity contribution < 1.29 is 8.78 Å². The Hall–Kier alpha value is -2.29. The Labute approximate surface area is 182 Å². The average molecular weight is 447 g/mol. The molecule has 1 unspecified atom stereocenters. The van der Waals surface area contributed by atoms with E-state index < -0.39 is 22.3 Å². The van der Waals surface area contributed by atoms with E-state index in [9.17, 15) is 8.78 Å². The predicted molar refractivity (Wildman–Crippen MR) is 123 cm³/mol. The zero-order valence-electron chi connectivity index (χ0n) is 16.7. The fourth-order valence-electron chi connectivity index (χ4n) is 3.34. The molecule has 2 aromatic carbocycles. The monoisotopic (exact) mass is 446 g/mol. The van der Waals surface area contributed by atoms with Gasteiger partial charge in [-0.05, 0) is 55.1 Å². The minimum absolute atomic E-state index is 0.0224. The molecule has 4 nitrogen and oxygen atoms in total. The van der Waals surface area contributed by atoms with Crippen LogP contribution in [0.5, 0.6) is 0 Å². The van der Waals surface area contributed by atoms with Crippen LogP contribution in [0.3, 0.4) is 0 Å². The van der Waals surface area contributed by atoms with Gasteiger partial charge in [-0.15, -0.1) is 11.3 Å². The first-order valence-corrected chi connectivity index (χ1v) is 12.1. The minimum Gasteiger partial charge on any atom is -0.381 e. The number of hydrogen-bond donors (Lipinski definition) is 2. The lowest BCUT2D eigenvalue weighted by Crippen LogP contribution is -2.36. The second kappa shape index (κ2) is 9.68. The summed E-state index contributed by atoms with van der Waals surface area (Å²) < 4.78 is 32.8. The Morgan fingerprint density at radius 1 is 1.17 bits per heavy atom. The molecule has 1 fully saturated rings. The highest BCUT2D eigenvalue weighted by molar-refractivity contribution is 8.16. The van der Waals surface area contributed by atoms with Crippen LogP contribution >= 0.6 is 22.0 Å². The van der Waals surface area contributed by atoms with Crippen LogP contribution in [0, 0.1) is 11.6 Å². The molecule has 0 saturated carbocycles. The van der Waals surface area contributed by atoms with Gasteiger partial charge in [-0.1, -0.05) is 34.9 Å². The highest BCUT2D eigenvalue weighted by Gasteiger charge is 2.17. The number of nitrogens with one attached hydrogen (secondary N) is 2. The van der Waals surface area contributed by atoms with Gasteiger partial charge in [-0.3, -0.25) is 4.90 Å². The summed E-state index contributed by atoms with van der Waals surface area (Å²) in [5, 5.41) is 6.75. The fraction of sp³-hybridized carbons (Fsp3) is 0.273. The zero-order valence-corrected chi connectivity index (χ0v) is 18.3. The number of likely N-dealkylation sites (tertiary alicyclic amines) is 1. The summed E-state index contributed by atoms with van der Waals surface area (Å²) >= 11 is 1.43. The molecule has 8 heteroatoms. The SMILES string of the molecule is C/C=S(/Nc1cscn1)c1c(F)cc(NCc2ccccc2CN2CCC2)cc1F. The normalized spacial score (nSPS) is 15.0. The number of nitrogens with zero attached hydrogens (tertiary/aromatic N) is 2. The molecule has 1 saturated heterocycles. The molecule has 1 atom stereocenters. The molecule has 0 amide bonds. The van der Waals surface area contributed by atoms with Gasteiger partial charge in [0.1, 0.15) is 17.5 Å². The van der Waals surface area contributed by atoms with Gasteiger partial charge in [-0.2, -0.15) is 0 Å². The third-order valence-corrected chi connectivity index (χ3v) is 7.36. The lowest BCUT2D eigenvalue weighted by atomic mass is 10.1. The van der Waals surface area contributed by atoms with Gasteiger partial charge in [0.2, 0.25) is 0 Å². The van der Waals surface area contributed by atoms with Crippen LogP contribution in [-0.2, 0) is 13.1 Å². The number of anilines is 2. The lowest BCUT2D eigenvalue weighted by Gasteiger charge is -2.31. The molecule has 1 aliphatic rings. The molecule has 0 bridgehead atoms. The van der Waals surface area contributed by atoms with Gasteiger partial charge in [0, 0.05) is 24.2 Å². The number of thiazole rings is 1. The topological polar surface area (TPSA) is 40.2 Å². The third kappa shape index (κ3) is 4.88. The number of halogens is 2. The molecule has 1 aromatic heterocycles. The van der Waals surface area contributed by atoms with Crippen molar-refractivity contribution >= 4 is 38.9 Å². The summed E-state index contributed by atoms with van der Waals surface area (Å²) in [6.45, 7) is 5.47. The highest BCUT2D eigenvalue weighted by atomic mass is 32.2. The molecule has 30 heavy (non-hydrogen) atoms. The van der Waals surface area contributed by atoms with Crippen LogP contribution < -0.4 is 10.0 Å². The van der Waals surface area contributed by atoms with Gasteiger partial charge in [-0.25, -0.2) is 13.8 Å². The largest absolute Gasteiger partial charge is 0.381 e. The lowest BCUT2D eigenvalue weighted by molar-refractivity contribution is 0.172. The molecule has 0 radical (unpaired) electrons. The first-order valence-electron chi connectivity index (χ1n) is 9.83. The summed E-state index contributed by atoms with van der Waals surface area (Å²) in [4.78, 5) is 6.56. The maximum atomic E-state index is 14.8. The average Bonchev–Trinajstić information content (AvgIpc) is 3.21. The number of hydrogen-bond acceptors (Lipinski definition) is 5. The van der Waals surface area contributed by atoms with E-state index in [4.69, 9.17) is 0 Å². The quantitative estimate of drug-likeness (QED) is 0.435. The van der Waals surface area contributed by atoms with Crippen LogP contribution in [0.15, 0.2) is 52.2 Å². The Bertz CT molecular complexity index is 1010. The van der Waals surface area contributed by atoms with E-state index in [0.717, 1.165) is 25.2 Å². The maximum absolute atomic E-state index is 14.8. The Morgan fingerprint density at radius 3 is 2.50 bits per heavy atom. The van der Waals surface area contributed by atoms with E-state index in [1.807, 2.05) is 17.5 Å². The second-order valence-corrected chi connectivity index (χ2v) is 9.55. The highest BCUT2D eigenvalue weighted by Crippen LogP contribution is 2.34. The van der Waals surface area contributed by atoms with Crippen LogP contribution in [0.25, 0.3) is 0 Å². The molecule has 158 valence electrons. The number of rotatable bonds is 8. The molecular formula is C22H24F2N4S2. The molecule has 2 heterocycles. The smallest absolute Gasteiger partial charge is 0.146 e. The summed E-state index contributed by atoms with van der Waals surface area (Å²) in [7, 11) is -0.915. The van der Waals surface area contributed by atoms with Gasteiger partial charge in [0.25, 0.3) is 0 Å². The van der Waals surface area contributed by atoms with Crippen LogP contribution in [0.4, 0.5) is 20.3 Å². The molecule has 2 N–H and O–H groups in total. The van der Waals surface area contributed by atoms with Crippen molar-refractivity contribution in [3.63, 3.8) is 0 Å². The first-order chi connectivity index (χ1) is 14.6. The van der Waals surface area contributed by atoms with E-state index in [2.05, 4.69) is 32.1 Å². The first kappa shape index (κ1) is 21.0. The van der Waals surface area contributed by atoms with E-state index in [1.165, 1.54) is 35.5 Å². The van der Waals surface area contributed by atoms with E-state index in [1.54, 1.807) is 17.8 Å². The molecule has 4 rings (SSSR count). The minimum atomic E-state index is -0.915. The van der Waals surface area contributed by atoms with Crippen molar-refractivity contribution in [1.29, 1.82) is 0 Å². The van der Waals surface area contributed by atoms with Crippen molar-refractivity contribution in [2.24, 2.45) is 0 Å². The number of benzene rings is 2. The fourth-order valence-corrected chi connectivity index (χ4v) is 5.23. The van der Waals surface area contributed by atoms with Crippen LogP contribution in [0.1, 0.15) is 24.5 Å². The standard InChI is InChI=1S/C22H24F2N4S2/c1-2-30(27-21-14-29-15-26-21)22-19(23)10-18(11-20(22)24)25-12-16-6-3-4-7-17(16)13-28-8-5-9-28/h2-4,6-7,10-11,14-15,25,27H,5,8-9,12-13H2,1H3. The van der Waals surface area contributed by atoms with Crippen LogP contribution in [0.2, 0.25) is 0 Å². The molecular weight excluding hydrogens is 422 g/mol. The van der Waals surface area contributed by atoms with Gasteiger partial charge in [0.15, 0.2) is 0 Å².